The zero-order valence-electron chi connectivity index (χ0n) is 10.9. The van der Waals surface area contributed by atoms with Crippen LogP contribution in [-0.2, 0) is 10.0 Å². The molecule has 1 aliphatic rings. The highest BCUT2D eigenvalue weighted by Gasteiger charge is 2.35. The molecule has 0 bridgehead atoms. The molecule has 106 valence electrons. The Hall–Kier alpha value is -1.50. The van der Waals surface area contributed by atoms with Gasteiger partial charge in [0.2, 0.25) is 10.0 Å². The van der Waals surface area contributed by atoms with Crippen molar-refractivity contribution in [1.29, 1.82) is 0 Å². The average molecular weight is 292 g/mol. The largest absolute Gasteiger partial charge is 0.389 e. The van der Waals surface area contributed by atoms with Crippen molar-refractivity contribution in [3.63, 3.8) is 0 Å². The van der Waals surface area contributed by atoms with Crippen LogP contribution in [0.1, 0.15) is 19.3 Å². The van der Waals surface area contributed by atoms with Crippen LogP contribution in [-0.4, -0.2) is 30.7 Å². The second-order valence-corrected chi connectivity index (χ2v) is 6.96. The lowest BCUT2D eigenvalue weighted by atomic mass is 9.81. The molecule has 6 heteroatoms. The molecule has 1 fully saturated rings. The third kappa shape index (κ3) is 2.42. The summed E-state index contributed by atoms with van der Waals surface area (Å²) >= 11 is 0. The van der Waals surface area contributed by atoms with Gasteiger partial charge in [0.15, 0.2) is 0 Å². The maximum absolute atomic E-state index is 12.4. The Morgan fingerprint density at radius 3 is 2.75 bits per heavy atom. The minimum atomic E-state index is -3.65. The van der Waals surface area contributed by atoms with Gasteiger partial charge in [0, 0.05) is 18.1 Å². The van der Waals surface area contributed by atoms with E-state index in [4.69, 9.17) is 0 Å². The second-order valence-electron chi connectivity index (χ2n) is 5.23. The summed E-state index contributed by atoms with van der Waals surface area (Å²) in [6.07, 6.45) is 3.86. The summed E-state index contributed by atoms with van der Waals surface area (Å²) in [4.78, 5) is 4.35. The SMILES string of the molecule is O=S(=O)(NCC1(O)CCC1)c1cccc2ncccc12. The Kier molecular flexibility index (Phi) is 3.24. The number of rotatable bonds is 4. The zero-order chi connectivity index (χ0) is 14.2. The lowest BCUT2D eigenvalue weighted by Gasteiger charge is -2.36. The molecule has 20 heavy (non-hydrogen) atoms. The summed E-state index contributed by atoms with van der Waals surface area (Å²) in [5.74, 6) is 0. The van der Waals surface area contributed by atoms with Gasteiger partial charge in [0.05, 0.1) is 16.0 Å². The molecule has 0 amide bonds. The summed E-state index contributed by atoms with van der Waals surface area (Å²) in [6.45, 7) is 0.0615. The van der Waals surface area contributed by atoms with E-state index >= 15 is 0 Å². The highest BCUT2D eigenvalue weighted by molar-refractivity contribution is 7.89. The van der Waals surface area contributed by atoms with Crippen molar-refractivity contribution >= 4 is 20.9 Å². The molecule has 1 aromatic carbocycles. The number of fused-ring (bicyclic) bond motifs is 1. The molecule has 0 unspecified atom stereocenters. The van der Waals surface area contributed by atoms with E-state index in [-0.39, 0.29) is 11.4 Å². The Labute approximate surface area is 117 Å². The Morgan fingerprint density at radius 1 is 1.25 bits per heavy atom. The molecule has 2 aromatic rings. The first-order valence-electron chi connectivity index (χ1n) is 6.56. The number of benzene rings is 1. The average Bonchev–Trinajstić information content (AvgIpc) is 2.42. The third-order valence-electron chi connectivity index (χ3n) is 3.77. The number of nitrogens with one attached hydrogen (secondary N) is 1. The molecule has 0 saturated heterocycles. The monoisotopic (exact) mass is 292 g/mol. The van der Waals surface area contributed by atoms with Crippen LogP contribution in [0.5, 0.6) is 0 Å². The quantitative estimate of drug-likeness (QED) is 0.893. The van der Waals surface area contributed by atoms with E-state index < -0.39 is 15.6 Å². The molecular weight excluding hydrogens is 276 g/mol. The van der Waals surface area contributed by atoms with E-state index in [1.165, 1.54) is 0 Å². The van der Waals surface area contributed by atoms with Gasteiger partial charge in [-0.3, -0.25) is 4.98 Å². The lowest BCUT2D eigenvalue weighted by Crippen LogP contribution is -2.47. The predicted octanol–water partition coefficient (Wildman–Crippen LogP) is 1.43. The second kappa shape index (κ2) is 4.80. The number of hydrogen-bond donors (Lipinski definition) is 2. The van der Waals surface area contributed by atoms with Crippen molar-refractivity contribution < 1.29 is 13.5 Å². The molecule has 1 aliphatic carbocycles. The van der Waals surface area contributed by atoms with E-state index in [1.54, 1.807) is 36.5 Å². The highest BCUT2D eigenvalue weighted by Crippen LogP contribution is 2.31. The summed E-state index contributed by atoms with van der Waals surface area (Å²) < 4.78 is 27.3. The number of nitrogens with zero attached hydrogens (tertiary/aromatic N) is 1. The lowest BCUT2D eigenvalue weighted by molar-refractivity contribution is -0.0270. The molecule has 0 spiro atoms. The summed E-state index contributed by atoms with van der Waals surface area (Å²) in [5, 5.41) is 10.6. The molecule has 5 nitrogen and oxygen atoms in total. The van der Waals surface area contributed by atoms with E-state index in [0.717, 1.165) is 6.42 Å². The van der Waals surface area contributed by atoms with Gasteiger partial charge in [-0.25, -0.2) is 13.1 Å². The molecule has 1 saturated carbocycles. The molecular formula is C14H16N2O3S. The summed E-state index contributed by atoms with van der Waals surface area (Å²) in [6, 6.07) is 8.43. The zero-order valence-corrected chi connectivity index (χ0v) is 11.7. The molecule has 1 heterocycles. The van der Waals surface area contributed by atoms with E-state index in [9.17, 15) is 13.5 Å². The number of aliphatic hydroxyl groups is 1. The van der Waals surface area contributed by atoms with Crippen molar-refractivity contribution in [2.75, 3.05) is 6.54 Å². The minimum absolute atomic E-state index is 0.0615. The fourth-order valence-electron chi connectivity index (χ4n) is 2.38. The smallest absolute Gasteiger partial charge is 0.241 e. The van der Waals surface area contributed by atoms with Crippen molar-refractivity contribution in [2.24, 2.45) is 0 Å². The van der Waals surface area contributed by atoms with Gasteiger partial charge in [-0.1, -0.05) is 6.07 Å². The van der Waals surface area contributed by atoms with Crippen LogP contribution in [0.4, 0.5) is 0 Å². The Bertz CT molecular complexity index is 734. The van der Waals surface area contributed by atoms with Gasteiger partial charge >= 0.3 is 0 Å². The fourth-order valence-corrected chi connectivity index (χ4v) is 3.71. The van der Waals surface area contributed by atoms with Crippen LogP contribution in [0.3, 0.4) is 0 Å². The van der Waals surface area contributed by atoms with Gasteiger partial charge in [-0.05, 0) is 43.5 Å². The van der Waals surface area contributed by atoms with E-state index in [0.29, 0.717) is 23.7 Å². The molecule has 3 rings (SSSR count). The van der Waals surface area contributed by atoms with Crippen molar-refractivity contribution in [3.05, 3.63) is 36.5 Å². The molecule has 0 atom stereocenters. The topological polar surface area (TPSA) is 79.3 Å². The van der Waals surface area contributed by atoms with E-state index in [2.05, 4.69) is 9.71 Å². The van der Waals surface area contributed by atoms with Gasteiger partial charge in [-0.2, -0.15) is 0 Å². The standard InChI is InChI=1S/C14H16N2O3S/c17-14(7-3-8-14)10-16-20(18,19)13-6-1-5-12-11(13)4-2-9-15-12/h1-2,4-6,9,16-17H,3,7-8,10H2. The van der Waals surface area contributed by atoms with Crippen LogP contribution in [0, 0.1) is 0 Å². The predicted molar refractivity (Wildman–Crippen MR) is 75.7 cm³/mol. The van der Waals surface area contributed by atoms with Crippen LogP contribution < -0.4 is 4.72 Å². The first-order valence-corrected chi connectivity index (χ1v) is 8.04. The normalized spacial score (nSPS) is 17.9. The van der Waals surface area contributed by atoms with E-state index in [1.807, 2.05) is 0 Å². The third-order valence-corrected chi connectivity index (χ3v) is 5.23. The first kappa shape index (κ1) is 13.5. The van der Waals surface area contributed by atoms with Crippen molar-refractivity contribution in [3.8, 4) is 0 Å². The molecule has 2 N–H and O–H groups in total. The van der Waals surface area contributed by atoms with Crippen molar-refractivity contribution in [2.45, 2.75) is 29.8 Å². The Balaban J connectivity index is 1.93. The molecule has 1 aromatic heterocycles. The van der Waals surface area contributed by atoms with Gasteiger partial charge in [0.25, 0.3) is 0 Å². The fraction of sp³-hybridized carbons (Fsp3) is 0.357. The molecule has 0 aliphatic heterocycles. The van der Waals surface area contributed by atoms with Crippen LogP contribution in [0.2, 0.25) is 0 Å². The number of aromatic nitrogens is 1. The van der Waals surface area contributed by atoms with Crippen LogP contribution >= 0.6 is 0 Å². The van der Waals surface area contributed by atoms with Crippen LogP contribution in [0.25, 0.3) is 10.9 Å². The van der Waals surface area contributed by atoms with Crippen LogP contribution in [0.15, 0.2) is 41.4 Å². The highest BCUT2D eigenvalue weighted by atomic mass is 32.2. The molecule has 0 radical (unpaired) electrons. The number of pyridine rings is 1. The van der Waals surface area contributed by atoms with Gasteiger partial charge < -0.3 is 5.11 Å². The minimum Gasteiger partial charge on any atom is -0.389 e. The maximum atomic E-state index is 12.4. The van der Waals surface area contributed by atoms with Crippen molar-refractivity contribution in [1.82, 2.24) is 9.71 Å². The first-order chi connectivity index (χ1) is 9.50. The number of hydrogen-bond acceptors (Lipinski definition) is 4. The Morgan fingerprint density at radius 2 is 2.05 bits per heavy atom. The van der Waals surface area contributed by atoms with Gasteiger partial charge in [-0.15, -0.1) is 0 Å². The summed E-state index contributed by atoms with van der Waals surface area (Å²) in [7, 11) is -3.65. The summed E-state index contributed by atoms with van der Waals surface area (Å²) in [5.41, 5.74) is -0.242. The number of sulfonamides is 1. The van der Waals surface area contributed by atoms with Gasteiger partial charge in [0.1, 0.15) is 0 Å². The maximum Gasteiger partial charge on any atom is 0.241 e.